The zero-order valence-electron chi connectivity index (χ0n) is 12.1. The quantitative estimate of drug-likeness (QED) is 0.626. The van der Waals surface area contributed by atoms with Gasteiger partial charge in [-0.2, -0.15) is 5.10 Å². The first-order valence-electron chi connectivity index (χ1n) is 7.02. The van der Waals surface area contributed by atoms with E-state index in [1.807, 2.05) is 41.1 Å². The molecule has 0 saturated carbocycles. The number of imidazole rings is 1. The summed E-state index contributed by atoms with van der Waals surface area (Å²) >= 11 is 0. The van der Waals surface area contributed by atoms with Crippen molar-refractivity contribution in [2.75, 3.05) is 5.73 Å². The molecular weight excluding hydrogens is 290 g/mol. The predicted octanol–water partition coefficient (Wildman–Crippen LogP) is 2.10. The largest absolute Gasteiger partial charge is 0.384 e. The van der Waals surface area contributed by atoms with E-state index in [1.165, 1.54) is 6.33 Å². The number of hydrogen-bond donors (Lipinski definition) is 1. The molecule has 0 spiro atoms. The van der Waals surface area contributed by atoms with Gasteiger partial charge in [0.25, 0.3) is 0 Å². The number of benzene rings is 1. The normalized spacial score (nSPS) is 10.8. The van der Waals surface area contributed by atoms with Gasteiger partial charge in [-0.25, -0.2) is 19.6 Å². The van der Waals surface area contributed by atoms with Gasteiger partial charge < -0.3 is 5.73 Å². The summed E-state index contributed by atoms with van der Waals surface area (Å²) in [5.74, 6) is 1.27. The molecule has 0 amide bonds. The molecule has 0 unspecified atom stereocenters. The Hall–Kier alpha value is -3.48. The molecule has 3 heterocycles. The van der Waals surface area contributed by atoms with Crippen LogP contribution in [0, 0.1) is 0 Å². The fraction of sp³-hybridized carbons (Fsp3) is 0. The molecule has 4 rings (SSSR count). The number of rotatable bonds is 3. The van der Waals surface area contributed by atoms with Crippen LogP contribution in [0.25, 0.3) is 22.8 Å². The molecule has 0 radical (unpaired) electrons. The van der Waals surface area contributed by atoms with Crippen LogP contribution in [0.2, 0.25) is 0 Å². The standard InChI is InChI=1S/C16H13N7/c17-15-8-12(4-5-19-15)16-20-6-7-22(16)13-2-1-3-14(9-13)23-11-18-10-21-23/h1-11H,(H2,17,19). The summed E-state index contributed by atoms with van der Waals surface area (Å²) in [5, 5.41) is 4.16. The Labute approximate surface area is 132 Å². The highest BCUT2D eigenvalue weighted by atomic mass is 15.3. The molecule has 0 bridgehead atoms. The number of nitrogens with zero attached hydrogens (tertiary/aromatic N) is 6. The predicted molar refractivity (Wildman–Crippen MR) is 86.1 cm³/mol. The Morgan fingerprint density at radius 3 is 2.70 bits per heavy atom. The summed E-state index contributed by atoms with van der Waals surface area (Å²) in [6.07, 6.45) is 8.52. The molecule has 7 nitrogen and oxygen atoms in total. The second-order valence-corrected chi connectivity index (χ2v) is 4.95. The van der Waals surface area contributed by atoms with Gasteiger partial charge in [0.15, 0.2) is 0 Å². The van der Waals surface area contributed by atoms with Gasteiger partial charge in [-0.3, -0.25) is 4.57 Å². The lowest BCUT2D eigenvalue weighted by Gasteiger charge is -2.10. The van der Waals surface area contributed by atoms with Crippen LogP contribution < -0.4 is 5.73 Å². The van der Waals surface area contributed by atoms with Crippen molar-refractivity contribution in [1.29, 1.82) is 0 Å². The maximum absolute atomic E-state index is 5.78. The molecule has 0 aliphatic rings. The Bertz CT molecular complexity index is 940. The Morgan fingerprint density at radius 2 is 1.87 bits per heavy atom. The van der Waals surface area contributed by atoms with Crippen LogP contribution in [0.1, 0.15) is 0 Å². The Balaban J connectivity index is 1.81. The van der Waals surface area contributed by atoms with Crippen LogP contribution in [-0.4, -0.2) is 29.3 Å². The van der Waals surface area contributed by atoms with Crippen molar-refractivity contribution in [3.05, 3.63) is 67.6 Å². The highest BCUT2D eigenvalue weighted by Crippen LogP contribution is 2.23. The number of aromatic nitrogens is 6. The van der Waals surface area contributed by atoms with E-state index in [9.17, 15) is 0 Å². The average Bonchev–Trinajstić information content (AvgIpc) is 3.27. The van der Waals surface area contributed by atoms with Crippen molar-refractivity contribution in [2.45, 2.75) is 0 Å². The summed E-state index contributed by atoms with van der Waals surface area (Å²) in [7, 11) is 0. The fourth-order valence-corrected chi connectivity index (χ4v) is 2.44. The number of anilines is 1. The van der Waals surface area contributed by atoms with Crippen LogP contribution in [0.5, 0.6) is 0 Å². The smallest absolute Gasteiger partial charge is 0.144 e. The van der Waals surface area contributed by atoms with Crippen molar-refractivity contribution >= 4 is 5.82 Å². The summed E-state index contributed by atoms with van der Waals surface area (Å²) in [6, 6.07) is 11.7. The van der Waals surface area contributed by atoms with E-state index < -0.39 is 0 Å². The monoisotopic (exact) mass is 303 g/mol. The van der Waals surface area contributed by atoms with Gasteiger partial charge in [0.2, 0.25) is 0 Å². The van der Waals surface area contributed by atoms with E-state index >= 15 is 0 Å². The molecule has 2 N–H and O–H groups in total. The van der Waals surface area contributed by atoms with Crippen molar-refractivity contribution in [3.8, 4) is 22.8 Å². The van der Waals surface area contributed by atoms with Crippen LogP contribution in [0.15, 0.2) is 67.6 Å². The third-order valence-electron chi connectivity index (χ3n) is 3.47. The van der Waals surface area contributed by atoms with E-state index in [2.05, 4.69) is 20.1 Å². The lowest BCUT2D eigenvalue weighted by Crippen LogP contribution is -2.00. The molecule has 23 heavy (non-hydrogen) atoms. The fourth-order valence-electron chi connectivity index (χ4n) is 2.44. The van der Waals surface area contributed by atoms with Gasteiger partial charge in [-0.15, -0.1) is 0 Å². The molecular formula is C16H13N7. The number of pyridine rings is 1. The van der Waals surface area contributed by atoms with Gasteiger partial charge >= 0.3 is 0 Å². The van der Waals surface area contributed by atoms with E-state index in [0.29, 0.717) is 5.82 Å². The van der Waals surface area contributed by atoms with Gasteiger partial charge in [0.05, 0.1) is 5.69 Å². The molecule has 4 aromatic rings. The first-order chi connectivity index (χ1) is 11.3. The SMILES string of the molecule is Nc1cc(-c2nccn2-c2cccc(-n3cncn3)c2)ccn1. The third kappa shape index (κ3) is 2.44. The van der Waals surface area contributed by atoms with Gasteiger partial charge in [-0.05, 0) is 30.3 Å². The summed E-state index contributed by atoms with van der Waals surface area (Å²) in [6.45, 7) is 0. The molecule has 0 aliphatic carbocycles. The molecule has 0 atom stereocenters. The van der Waals surface area contributed by atoms with E-state index in [4.69, 9.17) is 5.73 Å². The summed E-state index contributed by atoms with van der Waals surface area (Å²) in [5.41, 5.74) is 8.58. The zero-order chi connectivity index (χ0) is 15.6. The van der Waals surface area contributed by atoms with Crippen LogP contribution >= 0.6 is 0 Å². The second kappa shape index (κ2) is 5.38. The first kappa shape index (κ1) is 13.2. The van der Waals surface area contributed by atoms with Gasteiger partial charge in [0.1, 0.15) is 24.3 Å². The third-order valence-corrected chi connectivity index (χ3v) is 3.47. The van der Waals surface area contributed by atoms with Crippen molar-refractivity contribution in [1.82, 2.24) is 29.3 Å². The van der Waals surface area contributed by atoms with Crippen LogP contribution in [0.3, 0.4) is 0 Å². The maximum atomic E-state index is 5.78. The first-order valence-corrected chi connectivity index (χ1v) is 7.02. The molecule has 0 fully saturated rings. The highest BCUT2D eigenvalue weighted by Gasteiger charge is 2.09. The minimum Gasteiger partial charge on any atom is -0.384 e. The Kier molecular flexibility index (Phi) is 3.09. The lowest BCUT2D eigenvalue weighted by atomic mass is 10.2. The minimum atomic E-state index is 0.466. The average molecular weight is 303 g/mol. The molecule has 1 aromatic carbocycles. The van der Waals surface area contributed by atoms with Crippen LogP contribution in [-0.2, 0) is 0 Å². The topological polar surface area (TPSA) is 87.4 Å². The maximum Gasteiger partial charge on any atom is 0.144 e. The van der Waals surface area contributed by atoms with E-state index in [0.717, 1.165) is 22.8 Å². The van der Waals surface area contributed by atoms with Crippen molar-refractivity contribution in [2.24, 2.45) is 0 Å². The second-order valence-electron chi connectivity index (χ2n) is 4.95. The van der Waals surface area contributed by atoms with Gasteiger partial charge in [0, 0.05) is 29.8 Å². The minimum absolute atomic E-state index is 0.466. The van der Waals surface area contributed by atoms with Crippen LogP contribution in [0.4, 0.5) is 5.82 Å². The van der Waals surface area contributed by atoms with E-state index in [1.54, 1.807) is 29.5 Å². The Morgan fingerprint density at radius 1 is 0.957 bits per heavy atom. The zero-order valence-corrected chi connectivity index (χ0v) is 12.1. The molecule has 7 heteroatoms. The summed E-state index contributed by atoms with van der Waals surface area (Å²) < 4.78 is 3.71. The highest BCUT2D eigenvalue weighted by molar-refractivity contribution is 5.62. The van der Waals surface area contributed by atoms with Crippen molar-refractivity contribution in [3.63, 3.8) is 0 Å². The number of nitrogens with two attached hydrogens (primary N) is 1. The van der Waals surface area contributed by atoms with Gasteiger partial charge in [-0.1, -0.05) is 6.07 Å². The molecule has 0 saturated heterocycles. The number of hydrogen-bond acceptors (Lipinski definition) is 5. The van der Waals surface area contributed by atoms with Crippen molar-refractivity contribution < 1.29 is 0 Å². The molecule has 0 aliphatic heterocycles. The summed E-state index contributed by atoms with van der Waals surface area (Å²) in [4.78, 5) is 12.4. The number of nitrogen functional groups attached to an aromatic ring is 1. The van der Waals surface area contributed by atoms with E-state index in [-0.39, 0.29) is 0 Å². The molecule has 112 valence electrons. The molecule has 3 aromatic heterocycles. The lowest BCUT2D eigenvalue weighted by molar-refractivity contribution is 0.876.